The molecular formula is C17H22N2OS2. The molecule has 1 heterocycles. The van der Waals surface area contributed by atoms with E-state index in [4.69, 9.17) is 0 Å². The van der Waals surface area contributed by atoms with Crippen molar-refractivity contribution in [2.45, 2.75) is 55.2 Å². The minimum atomic E-state index is -0.102. The monoisotopic (exact) mass is 334 g/mol. The summed E-state index contributed by atoms with van der Waals surface area (Å²) in [6.07, 6.45) is 4.87. The standard InChI is InChI=1S/C17H22N2OS2/c1-11-7-3-4-8-13(11)18-16(20)12(2)21-17-19-14-9-5-6-10-15(14)22-17/h5-6,9-13H,3-4,7-8H2,1-2H3,(H,18,20). The van der Waals surface area contributed by atoms with E-state index < -0.39 is 0 Å². The number of benzene rings is 1. The minimum absolute atomic E-state index is 0.102. The second-order valence-corrected chi connectivity index (χ2v) is 8.70. The van der Waals surface area contributed by atoms with E-state index in [1.165, 1.54) is 24.0 Å². The van der Waals surface area contributed by atoms with Crippen LogP contribution in [-0.2, 0) is 4.79 Å². The van der Waals surface area contributed by atoms with Crippen molar-refractivity contribution in [2.75, 3.05) is 0 Å². The van der Waals surface area contributed by atoms with Gasteiger partial charge < -0.3 is 5.32 Å². The van der Waals surface area contributed by atoms with E-state index in [1.807, 2.05) is 25.1 Å². The van der Waals surface area contributed by atoms with Gasteiger partial charge in [0.25, 0.3) is 0 Å². The molecule has 1 N–H and O–H groups in total. The van der Waals surface area contributed by atoms with Crippen LogP contribution < -0.4 is 5.32 Å². The normalized spacial score (nSPS) is 23.4. The van der Waals surface area contributed by atoms with Crippen LogP contribution in [0, 0.1) is 5.92 Å². The topological polar surface area (TPSA) is 42.0 Å². The van der Waals surface area contributed by atoms with Crippen molar-refractivity contribution in [1.29, 1.82) is 0 Å². The second-order valence-electron chi connectivity index (χ2n) is 6.08. The molecule has 0 aliphatic heterocycles. The molecule has 2 aromatic rings. The number of rotatable bonds is 4. The van der Waals surface area contributed by atoms with Gasteiger partial charge in [-0.1, -0.05) is 43.7 Å². The number of amides is 1. The van der Waals surface area contributed by atoms with Gasteiger partial charge in [-0.15, -0.1) is 11.3 Å². The van der Waals surface area contributed by atoms with Crippen molar-refractivity contribution in [1.82, 2.24) is 10.3 Å². The molecule has 1 saturated carbocycles. The van der Waals surface area contributed by atoms with E-state index in [0.717, 1.165) is 16.3 Å². The Balaban J connectivity index is 1.60. The molecule has 1 aromatic heterocycles. The molecule has 0 bridgehead atoms. The molecule has 22 heavy (non-hydrogen) atoms. The van der Waals surface area contributed by atoms with Crippen LogP contribution in [0.25, 0.3) is 10.2 Å². The molecule has 1 aliphatic carbocycles. The fourth-order valence-corrected chi connectivity index (χ4v) is 5.16. The highest BCUT2D eigenvalue weighted by molar-refractivity contribution is 8.02. The van der Waals surface area contributed by atoms with Gasteiger partial charge in [-0.25, -0.2) is 4.98 Å². The number of thioether (sulfide) groups is 1. The Hall–Kier alpha value is -1.07. The van der Waals surface area contributed by atoms with Crippen molar-refractivity contribution >= 4 is 39.2 Å². The van der Waals surface area contributed by atoms with Gasteiger partial charge in [0, 0.05) is 6.04 Å². The van der Waals surface area contributed by atoms with E-state index in [9.17, 15) is 4.79 Å². The van der Waals surface area contributed by atoms with Gasteiger partial charge in [-0.3, -0.25) is 4.79 Å². The zero-order valence-electron chi connectivity index (χ0n) is 13.0. The number of fused-ring (bicyclic) bond motifs is 1. The van der Waals surface area contributed by atoms with Crippen LogP contribution in [0.3, 0.4) is 0 Å². The van der Waals surface area contributed by atoms with Gasteiger partial charge in [0.15, 0.2) is 4.34 Å². The van der Waals surface area contributed by atoms with Gasteiger partial charge in [0.05, 0.1) is 15.5 Å². The fraction of sp³-hybridized carbons (Fsp3) is 0.529. The summed E-state index contributed by atoms with van der Waals surface area (Å²) in [5.41, 5.74) is 1.02. The molecule has 3 nitrogen and oxygen atoms in total. The second kappa shape index (κ2) is 7.01. The predicted molar refractivity (Wildman–Crippen MR) is 94.5 cm³/mol. The quantitative estimate of drug-likeness (QED) is 0.839. The first-order valence-corrected chi connectivity index (χ1v) is 9.65. The number of nitrogens with zero attached hydrogens (tertiary/aromatic N) is 1. The van der Waals surface area contributed by atoms with Crippen LogP contribution in [0.4, 0.5) is 0 Å². The lowest BCUT2D eigenvalue weighted by Crippen LogP contribution is -2.44. The van der Waals surface area contributed by atoms with Crippen LogP contribution >= 0.6 is 23.1 Å². The SMILES string of the molecule is CC(Sc1nc2ccccc2s1)C(=O)NC1CCCCC1C. The van der Waals surface area contributed by atoms with E-state index in [1.54, 1.807) is 23.1 Å². The van der Waals surface area contributed by atoms with E-state index in [0.29, 0.717) is 12.0 Å². The number of nitrogens with one attached hydrogen (secondary N) is 1. The third-order valence-corrected chi connectivity index (χ3v) is 6.59. The highest BCUT2D eigenvalue weighted by Crippen LogP contribution is 2.32. The molecule has 3 rings (SSSR count). The van der Waals surface area contributed by atoms with Crippen molar-refractivity contribution in [2.24, 2.45) is 5.92 Å². The predicted octanol–water partition coefficient (Wildman–Crippen LogP) is 4.47. The summed E-state index contributed by atoms with van der Waals surface area (Å²) in [4.78, 5) is 17.0. The largest absolute Gasteiger partial charge is 0.352 e. The van der Waals surface area contributed by atoms with Crippen LogP contribution in [0.15, 0.2) is 28.6 Å². The Bertz CT molecular complexity index is 622. The smallest absolute Gasteiger partial charge is 0.233 e. The number of hydrogen-bond donors (Lipinski definition) is 1. The molecule has 118 valence electrons. The molecule has 0 saturated heterocycles. The molecule has 5 heteroatoms. The molecule has 1 aliphatic rings. The maximum atomic E-state index is 12.4. The van der Waals surface area contributed by atoms with Gasteiger partial charge in [-0.05, 0) is 37.8 Å². The summed E-state index contributed by atoms with van der Waals surface area (Å²) in [5.74, 6) is 0.736. The summed E-state index contributed by atoms with van der Waals surface area (Å²) in [6.45, 7) is 4.22. The number of thiazole rings is 1. The molecule has 1 amide bonds. The Labute approximate surface area is 139 Å². The Morgan fingerprint density at radius 3 is 2.91 bits per heavy atom. The van der Waals surface area contributed by atoms with Gasteiger partial charge in [0.1, 0.15) is 0 Å². The molecule has 1 fully saturated rings. The van der Waals surface area contributed by atoms with Crippen LogP contribution in [0.2, 0.25) is 0 Å². The third kappa shape index (κ3) is 3.63. The zero-order chi connectivity index (χ0) is 15.5. The number of carbonyl (C=O) groups excluding carboxylic acids is 1. The fourth-order valence-electron chi connectivity index (χ4n) is 2.94. The van der Waals surface area contributed by atoms with Gasteiger partial charge in [0.2, 0.25) is 5.91 Å². The summed E-state index contributed by atoms with van der Waals surface area (Å²) >= 11 is 3.22. The van der Waals surface area contributed by atoms with E-state index in [-0.39, 0.29) is 11.2 Å². The van der Waals surface area contributed by atoms with Crippen molar-refractivity contribution in [3.63, 3.8) is 0 Å². The lowest BCUT2D eigenvalue weighted by molar-refractivity contribution is -0.121. The first-order chi connectivity index (χ1) is 10.6. The summed E-state index contributed by atoms with van der Waals surface area (Å²) < 4.78 is 2.15. The molecule has 3 atom stereocenters. The van der Waals surface area contributed by atoms with Crippen LogP contribution in [0.1, 0.15) is 39.5 Å². The average molecular weight is 335 g/mol. The number of carbonyl (C=O) groups is 1. The minimum Gasteiger partial charge on any atom is -0.352 e. The summed E-state index contributed by atoms with van der Waals surface area (Å²) in [6, 6.07) is 8.46. The highest BCUT2D eigenvalue weighted by atomic mass is 32.2. The number of para-hydroxylation sites is 1. The first kappa shape index (κ1) is 15.8. The number of aromatic nitrogens is 1. The zero-order valence-corrected chi connectivity index (χ0v) is 14.7. The lowest BCUT2D eigenvalue weighted by Gasteiger charge is -2.30. The lowest BCUT2D eigenvalue weighted by atomic mass is 9.86. The first-order valence-electron chi connectivity index (χ1n) is 7.96. The van der Waals surface area contributed by atoms with Crippen LogP contribution in [-0.4, -0.2) is 22.2 Å². The molecule has 3 unspecified atom stereocenters. The molecular weight excluding hydrogens is 312 g/mol. The molecule has 0 spiro atoms. The molecule has 1 aromatic carbocycles. The highest BCUT2D eigenvalue weighted by Gasteiger charge is 2.25. The maximum absolute atomic E-state index is 12.4. The summed E-state index contributed by atoms with van der Waals surface area (Å²) in [5, 5.41) is 3.14. The Morgan fingerprint density at radius 1 is 1.36 bits per heavy atom. The Kier molecular flexibility index (Phi) is 5.03. The van der Waals surface area contributed by atoms with E-state index >= 15 is 0 Å². The van der Waals surface area contributed by atoms with Gasteiger partial charge in [-0.2, -0.15) is 0 Å². The summed E-state index contributed by atoms with van der Waals surface area (Å²) in [7, 11) is 0. The average Bonchev–Trinajstić information content (AvgIpc) is 2.91. The molecule has 0 radical (unpaired) electrons. The van der Waals surface area contributed by atoms with Crippen molar-refractivity contribution < 1.29 is 4.79 Å². The Morgan fingerprint density at radius 2 is 2.14 bits per heavy atom. The van der Waals surface area contributed by atoms with Gasteiger partial charge >= 0.3 is 0 Å². The van der Waals surface area contributed by atoms with E-state index in [2.05, 4.69) is 23.3 Å². The maximum Gasteiger partial charge on any atom is 0.233 e. The van der Waals surface area contributed by atoms with Crippen molar-refractivity contribution in [3.8, 4) is 0 Å². The van der Waals surface area contributed by atoms with Crippen LogP contribution in [0.5, 0.6) is 0 Å². The third-order valence-electron chi connectivity index (χ3n) is 4.36. The van der Waals surface area contributed by atoms with Crippen molar-refractivity contribution in [3.05, 3.63) is 24.3 Å². The number of hydrogen-bond acceptors (Lipinski definition) is 4.